The number of carbonyl (C=O) groups excluding carboxylic acids is 2. The Balaban J connectivity index is 0.00000300. The van der Waals surface area contributed by atoms with E-state index >= 15 is 0 Å². The fourth-order valence-electron chi connectivity index (χ4n) is 3.02. The molecule has 0 atom stereocenters. The van der Waals surface area contributed by atoms with Crippen LogP contribution in [0.1, 0.15) is 28.8 Å². The van der Waals surface area contributed by atoms with E-state index in [1.54, 1.807) is 24.3 Å². The van der Waals surface area contributed by atoms with Crippen molar-refractivity contribution in [3.63, 3.8) is 0 Å². The summed E-state index contributed by atoms with van der Waals surface area (Å²) >= 11 is 0. The molecule has 0 aliphatic heterocycles. The summed E-state index contributed by atoms with van der Waals surface area (Å²) in [5.74, 6) is -0.201. The third-order valence-electron chi connectivity index (χ3n) is 4.69. The van der Waals surface area contributed by atoms with Crippen LogP contribution < -0.4 is 16.4 Å². The first-order chi connectivity index (χ1) is 13.6. The molecule has 2 aromatic carbocycles. The first-order valence-corrected chi connectivity index (χ1v) is 9.81. The van der Waals surface area contributed by atoms with Gasteiger partial charge in [0.1, 0.15) is 0 Å². The molecule has 6 nitrogen and oxygen atoms in total. The molecule has 1 aliphatic carbocycles. The van der Waals surface area contributed by atoms with Gasteiger partial charge in [-0.2, -0.15) is 0 Å². The van der Waals surface area contributed by atoms with Crippen LogP contribution in [0.3, 0.4) is 0 Å². The molecule has 156 valence electrons. The number of nitrogens with two attached hydrogens (primary N) is 1. The SMILES string of the molecule is Cl.NCCN(CCc1ccccc1)CC(=O)Nc1cccc(C(=O)NC2CC2)c1. The van der Waals surface area contributed by atoms with Crippen LogP contribution in [0.25, 0.3) is 0 Å². The molecule has 0 unspecified atom stereocenters. The van der Waals surface area contributed by atoms with E-state index in [2.05, 4.69) is 22.8 Å². The minimum Gasteiger partial charge on any atom is -0.349 e. The van der Waals surface area contributed by atoms with Gasteiger partial charge in [0.2, 0.25) is 5.91 Å². The van der Waals surface area contributed by atoms with Crippen LogP contribution in [0, 0.1) is 0 Å². The lowest BCUT2D eigenvalue weighted by Gasteiger charge is -2.21. The lowest BCUT2D eigenvalue weighted by molar-refractivity contribution is -0.117. The highest BCUT2D eigenvalue weighted by molar-refractivity contribution is 5.97. The molecule has 2 aromatic rings. The average Bonchev–Trinajstić information content (AvgIpc) is 3.51. The Bertz CT molecular complexity index is 796. The second-order valence-corrected chi connectivity index (χ2v) is 7.18. The van der Waals surface area contributed by atoms with Gasteiger partial charge in [-0.25, -0.2) is 0 Å². The summed E-state index contributed by atoms with van der Waals surface area (Å²) in [4.78, 5) is 26.7. The maximum atomic E-state index is 12.5. The van der Waals surface area contributed by atoms with Crippen LogP contribution >= 0.6 is 12.4 Å². The van der Waals surface area contributed by atoms with E-state index in [9.17, 15) is 9.59 Å². The van der Waals surface area contributed by atoms with Crippen molar-refractivity contribution < 1.29 is 9.59 Å². The van der Waals surface area contributed by atoms with Gasteiger partial charge in [0.15, 0.2) is 0 Å². The minimum atomic E-state index is -0.110. The molecule has 0 radical (unpaired) electrons. The van der Waals surface area contributed by atoms with Gasteiger partial charge < -0.3 is 16.4 Å². The van der Waals surface area contributed by atoms with Gasteiger partial charge in [0.25, 0.3) is 5.91 Å². The topological polar surface area (TPSA) is 87.5 Å². The maximum Gasteiger partial charge on any atom is 0.251 e. The quantitative estimate of drug-likeness (QED) is 0.555. The number of hydrogen-bond acceptors (Lipinski definition) is 4. The molecule has 29 heavy (non-hydrogen) atoms. The van der Waals surface area contributed by atoms with Crippen LogP contribution in [-0.2, 0) is 11.2 Å². The number of rotatable bonds is 10. The Morgan fingerprint density at radius 3 is 2.48 bits per heavy atom. The Morgan fingerprint density at radius 1 is 1.03 bits per heavy atom. The normalized spacial score (nSPS) is 12.9. The lowest BCUT2D eigenvalue weighted by atomic mass is 10.1. The van der Waals surface area contributed by atoms with Crippen LogP contribution in [0.5, 0.6) is 0 Å². The number of nitrogens with zero attached hydrogens (tertiary/aromatic N) is 1. The van der Waals surface area contributed by atoms with Crippen molar-refractivity contribution in [1.29, 1.82) is 0 Å². The number of hydrogen-bond donors (Lipinski definition) is 3. The highest BCUT2D eigenvalue weighted by Crippen LogP contribution is 2.20. The van der Waals surface area contributed by atoms with Crippen molar-refractivity contribution in [2.75, 3.05) is 31.5 Å². The average molecular weight is 417 g/mol. The molecule has 2 amide bonds. The van der Waals surface area contributed by atoms with Gasteiger partial charge in [-0.1, -0.05) is 36.4 Å². The Labute approximate surface area is 178 Å². The van der Waals surface area contributed by atoms with E-state index in [-0.39, 0.29) is 30.8 Å². The number of benzene rings is 2. The lowest BCUT2D eigenvalue weighted by Crippen LogP contribution is -2.38. The zero-order chi connectivity index (χ0) is 19.8. The summed E-state index contributed by atoms with van der Waals surface area (Å²) in [6.45, 7) is 2.18. The monoisotopic (exact) mass is 416 g/mol. The maximum absolute atomic E-state index is 12.5. The van der Waals surface area contributed by atoms with E-state index in [1.165, 1.54) is 5.56 Å². The highest BCUT2D eigenvalue weighted by Gasteiger charge is 2.23. The Morgan fingerprint density at radius 2 is 1.79 bits per heavy atom. The van der Waals surface area contributed by atoms with Crippen molar-refractivity contribution in [3.05, 3.63) is 65.7 Å². The van der Waals surface area contributed by atoms with Crippen LogP contribution in [-0.4, -0.2) is 48.9 Å². The summed E-state index contributed by atoms with van der Waals surface area (Å²) in [6.07, 6.45) is 2.95. The molecule has 0 spiro atoms. The standard InChI is InChI=1S/C22H28N4O2.ClH/c23-12-14-26(13-11-17-5-2-1-3-6-17)16-21(27)24-20-8-4-7-18(15-20)22(28)25-19-9-10-19;/h1-8,15,19H,9-14,16,23H2,(H,24,27)(H,25,28);1H. The summed E-state index contributed by atoms with van der Waals surface area (Å²) in [5, 5.41) is 5.85. The number of carbonyl (C=O) groups is 2. The zero-order valence-electron chi connectivity index (χ0n) is 16.5. The van der Waals surface area contributed by atoms with Gasteiger partial charge in [-0.3, -0.25) is 14.5 Å². The van der Waals surface area contributed by atoms with Crippen molar-refractivity contribution in [3.8, 4) is 0 Å². The Kier molecular flexibility index (Phi) is 9.12. The zero-order valence-corrected chi connectivity index (χ0v) is 17.3. The van der Waals surface area contributed by atoms with E-state index in [4.69, 9.17) is 5.73 Å². The van der Waals surface area contributed by atoms with Gasteiger partial charge in [0.05, 0.1) is 6.54 Å². The van der Waals surface area contributed by atoms with E-state index in [1.807, 2.05) is 23.1 Å². The molecule has 1 aliphatic rings. The van der Waals surface area contributed by atoms with Gasteiger partial charge in [0, 0.05) is 36.9 Å². The molecule has 1 fully saturated rings. The van der Waals surface area contributed by atoms with Crippen LogP contribution in [0.2, 0.25) is 0 Å². The molecule has 0 aromatic heterocycles. The first kappa shape index (κ1) is 22.9. The molecule has 1 saturated carbocycles. The fraction of sp³-hybridized carbons (Fsp3) is 0.364. The summed E-state index contributed by atoms with van der Waals surface area (Å²) < 4.78 is 0. The van der Waals surface area contributed by atoms with Crippen LogP contribution in [0.4, 0.5) is 5.69 Å². The predicted molar refractivity (Wildman–Crippen MR) is 118 cm³/mol. The molecule has 0 heterocycles. The molecular weight excluding hydrogens is 388 g/mol. The molecule has 4 N–H and O–H groups in total. The number of halogens is 1. The number of amides is 2. The highest BCUT2D eigenvalue weighted by atomic mass is 35.5. The van der Waals surface area contributed by atoms with Crippen LogP contribution in [0.15, 0.2) is 54.6 Å². The fourth-order valence-corrected chi connectivity index (χ4v) is 3.02. The third-order valence-corrected chi connectivity index (χ3v) is 4.69. The summed E-state index contributed by atoms with van der Waals surface area (Å²) in [5.41, 5.74) is 8.13. The van der Waals surface area contributed by atoms with Crippen molar-refractivity contribution in [1.82, 2.24) is 10.2 Å². The third kappa shape index (κ3) is 7.85. The van der Waals surface area contributed by atoms with E-state index in [0.29, 0.717) is 30.4 Å². The molecular formula is C22H29ClN4O2. The predicted octanol–water partition coefficient (Wildman–Crippen LogP) is 2.44. The van der Waals surface area contributed by atoms with Crippen molar-refractivity contribution in [2.45, 2.75) is 25.3 Å². The van der Waals surface area contributed by atoms with E-state index < -0.39 is 0 Å². The summed E-state index contributed by atoms with van der Waals surface area (Å²) in [7, 11) is 0. The second kappa shape index (κ2) is 11.6. The molecule has 0 saturated heterocycles. The molecule has 0 bridgehead atoms. The van der Waals surface area contributed by atoms with Gasteiger partial charge in [-0.05, 0) is 43.0 Å². The Hall–Kier alpha value is -2.41. The summed E-state index contributed by atoms with van der Waals surface area (Å²) in [6, 6.07) is 17.5. The minimum absolute atomic E-state index is 0. The molecule has 3 rings (SSSR count). The smallest absolute Gasteiger partial charge is 0.251 e. The largest absolute Gasteiger partial charge is 0.349 e. The van der Waals surface area contributed by atoms with Gasteiger partial charge >= 0.3 is 0 Å². The van der Waals surface area contributed by atoms with Crippen molar-refractivity contribution >= 4 is 29.9 Å². The number of anilines is 1. The van der Waals surface area contributed by atoms with Gasteiger partial charge in [-0.15, -0.1) is 12.4 Å². The van der Waals surface area contributed by atoms with E-state index in [0.717, 1.165) is 25.8 Å². The first-order valence-electron chi connectivity index (χ1n) is 9.81. The van der Waals surface area contributed by atoms with Crippen molar-refractivity contribution in [2.24, 2.45) is 5.73 Å². The number of nitrogens with one attached hydrogen (secondary N) is 2. The molecule has 7 heteroatoms. The second-order valence-electron chi connectivity index (χ2n) is 7.18.